The number of nitrogens with zero attached hydrogens (tertiary/aromatic N) is 3. The summed E-state index contributed by atoms with van der Waals surface area (Å²) in [5.41, 5.74) is 0.111. The summed E-state index contributed by atoms with van der Waals surface area (Å²) < 4.78 is 1.57. The van der Waals surface area contributed by atoms with Gasteiger partial charge in [-0.15, -0.1) is 0 Å². The second-order valence-corrected chi connectivity index (χ2v) is 5.31. The van der Waals surface area contributed by atoms with Crippen LogP contribution < -0.4 is 5.32 Å². The summed E-state index contributed by atoms with van der Waals surface area (Å²) in [6.07, 6.45) is 1.35. The second kappa shape index (κ2) is 5.55. The summed E-state index contributed by atoms with van der Waals surface area (Å²) in [7, 11) is 0. The molecule has 114 valence electrons. The van der Waals surface area contributed by atoms with Gasteiger partial charge in [-0.25, -0.2) is 0 Å². The highest BCUT2D eigenvalue weighted by Gasteiger charge is 2.32. The topological polar surface area (TPSA) is 97.5 Å². The maximum absolute atomic E-state index is 12.6. The Labute approximate surface area is 121 Å². The van der Waals surface area contributed by atoms with Gasteiger partial charge in [0, 0.05) is 25.2 Å². The van der Waals surface area contributed by atoms with Crippen LogP contribution in [0.3, 0.4) is 0 Å². The molecule has 0 radical (unpaired) electrons. The molecule has 1 atom stereocenters. The van der Waals surface area contributed by atoms with Crippen molar-refractivity contribution in [1.29, 1.82) is 0 Å². The maximum atomic E-state index is 12.6. The molecule has 1 aliphatic rings. The SMILES string of the molecule is CC1C(=O)NCCN1C(=O)c1cc([N+](=O)[O-])cn1C(C)C. The molecule has 1 aliphatic heterocycles. The van der Waals surface area contributed by atoms with Crippen molar-refractivity contribution in [3.05, 3.63) is 28.1 Å². The first-order valence-electron chi connectivity index (χ1n) is 6.78. The van der Waals surface area contributed by atoms with Crippen LogP contribution in [0.15, 0.2) is 12.3 Å². The van der Waals surface area contributed by atoms with Gasteiger partial charge in [-0.05, 0) is 20.8 Å². The molecule has 21 heavy (non-hydrogen) atoms. The zero-order chi connectivity index (χ0) is 15.7. The Bertz CT molecular complexity index is 593. The lowest BCUT2D eigenvalue weighted by molar-refractivity contribution is -0.384. The van der Waals surface area contributed by atoms with Gasteiger partial charge >= 0.3 is 0 Å². The minimum atomic E-state index is -0.583. The van der Waals surface area contributed by atoms with E-state index in [2.05, 4.69) is 5.32 Å². The fourth-order valence-electron chi connectivity index (χ4n) is 2.37. The standard InChI is InChI=1S/C13H18N4O4/c1-8(2)16-7-10(17(20)21)6-11(16)13(19)15-5-4-14-12(18)9(15)3/h6-9H,4-5H2,1-3H3,(H,14,18). The van der Waals surface area contributed by atoms with Gasteiger partial charge < -0.3 is 14.8 Å². The number of carbonyl (C=O) groups is 2. The van der Waals surface area contributed by atoms with E-state index < -0.39 is 11.0 Å². The average molecular weight is 294 g/mol. The number of nitro groups is 1. The van der Waals surface area contributed by atoms with Gasteiger partial charge in [0.05, 0.1) is 11.1 Å². The molecule has 1 N–H and O–H groups in total. The fraction of sp³-hybridized carbons (Fsp3) is 0.538. The molecule has 1 saturated heterocycles. The third-order valence-corrected chi connectivity index (χ3v) is 3.58. The number of hydrogen-bond acceptors (Lipinski definition) is 4. The molecular formula is C13H18N4O4. The van der Waals surface area contributed by atoms with Crippen LogP contribution in [0.4, 0.5) is 5.69 Å². The van der Waals surface area contributed by atoms with Crippen molar-refractivity contribution in [2.75, 3.05) is 13.1 Å². The van der Waals surface area contributed by atoms with Crippen LogP contribution in [0.25, 0.3) is 0 Å². The van der Waals surface area contributed by atoms with E-state index in [9.17, 15) is 19.7 Å². The summed E-state index contributed by atoms with van der Waals surface area (Å²) in [5, 5.41) is 13.6. The van der Waals surface area contributed by atoms with E-state index in [-0.39, 0.29) is 29.2 Å². The van der Waals surface area contributed by atoms with Gasteiger partial charge in [0.25, 0.3) is 11.6 Å². The first-order valence-corrected chi connectivity index (χ1v) is 6.78. The van der Waals surface area contributed by atoms with Gasteiger partial charge in [-0.1, -0.05) is 0 Å². The van der Waals surface area contributed by atoms with Crippen molar-refractivity contribution in [3.63, 3.8) is 0 Å². The molecule has 0 saturated carbocycles. The van der Waals surface area contributed by atoms with Crippen molar-refractivity contribution in [3.8, 4) is 0 Å². The summed E-state index contributed by atoms with van der Waals surface area (Å²) in [6, 6.07) is 0.592. The molecule has 0 aliphatic carbocycles. The lowest BCUT2D eigenvalue weighted by Gasteiger charge is -2.33. The smallest absolute Gasteiger partial charge is 0.287 e. The average Bonchev–Trinajstić information content (AvgIpc) is 2.86. The Morgan fingerprint density at radius 2 is 2.19 bits per heavy atom. The van der Waals surface area contributed by atoms with Crippen LogP contribution in [0, 0.1) is 10.1 Å². The van der Waals surface area contributed by atoms with E-state index in [4.69, 9.17) is 0 Å². The maximum Gasteiger partial charge on any atom is 0.287 e. The van der Waals surface area contributed by atoms with Crippen molar-refractivity contribution < 1.29 is 14.5 Å². The highest BCUT2D eigenvalue weighted by molar-refractivity contribution is 5.97. The summed E-state index contributed by atoms with van der Waals surface area (Å²) >= 11 is 0. The number of amides is 2. The van der Waals surface area contributed by atoms with Crippen LogP contribution in [0.5, 0.6) is 0 Å². The zero-order valence-electron chi connectivity index (χ0n) is 12.2. The van der Waals surface area contributed by atoms with E-state index in [0.717, 1.165) is 0 Å². The van der Waals surface area contributed by atoms with Crippen LogP contribution in [-0.2, 0) is 4.79 Å². The second-order valence-electron chi connectivity index (χ2n) is 5.31. The lowest BCUT2D eigenvalue weighted by atomic mass is 10.2. The van der Waals surface area contributed by atoms with Crippen LogP contribution >= 0.6 is 0 Å². The van der Waals surface area contributed by atoms with E-state index >= 15 is 0 Å². The van der Waals surface area contributed by atoms with E-state index in [1.54, 1.807) is 11.5 Å². The van der Waals surface area contributed by atoms with Crippen LogP contribution in [0.1, 0.15) is 37.3 Å². The quantitative estimate of drug-likeness (QED) is 0.662. The van der Waals surface area contributed by atoms with Crippen molar-refractivity contribution >= 4 is 17.5 Å². The predicted molar refractivity (Wildman–Crippen MR) is 75.0 cm³/mol. The number of rotatable bonds is 3. The Hall–Kier alpha value is -2.38. The molecule has 1 aromatic heterocycles. The molecule has 1 aromatic rings. The summed E-state index contributed by atoms with van der Waals surface area (Å²) in [4.78, 5) is 36.1. The van der Waals surface area contributed by atoms with E-state index in [1.165, 1.54) is 17.2 Å². The molecule has 0 spiro atoms. The minimum absolute atomic E-state index is 0.0911. The first kappa shape index (κ1) is 15.0. The monoisotopic (exact) mass is 294 g/mol. The highest BCUT2D eigenvalue weighted by Crippen LogP contribution is 2.23. The molecule has 1 unspecified atom stereocenters. The largest absolute Gasteiger partial charge is 0.353 e. The number of nitrogens with one attached hydrogen (secondary N) is 1. The van der Waals surface area contributed by atoms with Gasteiger partial charge in [0.2, 0.25) is 5.91 Å². The minimum Gasteiger partial charge on any atom is -0.353 e. The van der Waals surface area contributed by atoms with Crippen LogP contribution in [-0.4, -0.2) is 45.3 Å². The van der Waals surface area contributed by atoms with Gasteiger partial charge in [0.15, 0.2) is 0 Å². The fourth-order valence-corrected chi connectivity index (χ4v) is 2.37. The Morgan fingerprint density at radius 3 is 2.76 bits per heavy atom. The van der Waals surface area contributed by atoms with Gasteiger partial charge in [-0.3, -0.25) is 19.7 Å². The lowest BCUT2D eigenvalue weighted by Crippen LogP contribution is -2.56. The molecule has 2 rings (SSSR count). The molecule has 8 nitrogen and oxygen atoms in total. The Balaban J connectivity index is 2.38. The molecule has 1 fully saturated rings. The number of carbonyl (C=O) groups excluding carboxylic acids is 2. The molecular weight excluding hydrogens is 276 g/mol. The van der Waals surface area contributed by atoms with Crippen molar-refractivity contribution in [1.82, 2.24) is 14.8 Å². The Kier molecular flexibility index (Phi) is 3.97. The van der Waals surface area contributed by atoms with Gasteiger partial charge in [-0.2, -0.15) is 0 Å². The summed E-state index contributed by atoms with van der Waals surface area (Å²) in [5.74, 6) is -0.578. The number of piperazine rings is 1. The number of aromatic nitrogens is 1. The third-order valence-electron chi connectivity index (χ3n) is 3.58. The highest BCUT2D eigenvalue weighted by atomic mass is 16.6. The van der Waals surface area contributed by atoms with Crippen LogP contribution in [0.2, 0.25) is 0 Å². The normalized spacial score (nSPS) is 18.8. The van der Waals surface area contributed by atoms with E-state index in [1.807, 2.05) is 13.8 Å². The molecule has 0 aromatic carbocycles. The van der Waals surface area contributed by atoms with Crippen molar-refractivity contribution in [2.24, 2.45) is 0 Å². The summed E-state index contributed by atoms with van der Waals surface area (Å²) in [6.45, 7) is 6.10. The predicted octanol–water partition coefficient (Wildman–Crippen LogP) is 0.938. The Morgan fingerprint density at radius 1 is 1.52 bits per heavy atom. The third kappa shape index (κ3) is 2.74. The molecule has 8 heteroatoms. The molecule has 2 amide bonds. The van der Waals surface area contributed by atoms with Gasteiger partial charge in [0.1, 0.15) is 11.7 Å². The van der Waals surface area contributed by atoms with Crippen molar-refractivity contribution in [2.45, 2.75) is 32.9 Å². The molecule has 0 bridgehead atoms. The zero-order valence-corrected chi connectivity index (χ0v) is 12.2. The first-order chi connectivity index (χ1) is 9.82. The molecule has 2 heterocycles. The van der Waals surface area contributed by atoms with E-state index in [0.29, 0.717) is 13.1 Å². The number of hydrogen-bond donors (Lipinski definition) is 1.